The fourth-order valence-electron chi connectivity index (χ4n) is 7.17. The van der Waals surface area contributed by atoms with E-state index in [2.05, 4.69) is 31.3 Å². The Hall–Kier alpha value is -5.79. The molecule has 1 aliphatic carbocycles. The number of rotatable bonds is 14. The van der Waals surface area contributed by atoms with E-state index in [1.165, 1.54) is 24.2 Å². The van der Waals surface area contributed by atoms with Gasteiger partial charge in [0.05, 0.1) is 38.5 Å². The van der Waals surface area contributed by atoms with Crippen molar-refractivity contribution < 1.29 is 29.2 Å². The van der Waals surface area contributed by atoms with E-state index in [0.29, 0.717) is 34.7 Å². The van der Waals surface area contributed by atoms with Crippen molar-refractivity contribution in [3.63, 3.8) is 0 Å². The fraction of sp³-hybridized carbons (Fsp3) is 0.325. The molecule has 53 heavy (non-hydrogen) atoms. The van der Waals surface area contributed by atoms with E-state index in [9.17, 15) is 15.0 Å². The van der Waals surface area contributed by atoms with Crippen molar-refractivity contribution in [1.29, 1.82) is 0 Å². The van der Waals surface area contributed by atoms with Crippen LogP contribution in [0.3, 0.4) is 0 Å². The van der Waals surface area contributed by atoms with Crippen LogP contribution in [-0.2, 0) is 6.61 Å². The number of nitrogens with zero attached hydrogens (tertiary/aromatic N) is 6. The monoisotopic (exact) mass is 717 g/mol. The summed E-state index contributed by atoms with van der Waals surface area (Å²) in [7, 11) is 3.18. The zero-order valence-corrected chi connectivity index (χ0v) is 29.9. The van der Waals surface area contributed by atoms with Crippen LogP contribution in [0, 0.1) is 0 Å². The number of hydrogen-bond acceptors (Lipinski definition) is 10. The quantitative estimate of drug-likeness (QED) is 0.121. The number of H-pyrrole nitrogens is 1. The molecule has 3 N–H and O–H groups in total. The summed E-state index contributed by atoms with van der Waals surface area (Å²) in [5.74, 6) is 2.98. The van der Waals surface area contributed by atoms with Crippen LogP contribution in [0.1, 0.15) is 54.1 Å². The highest BCUT2D eigenvalue weighted by atomic mass is 16.5. The van der Waals surface area contributed by atoms with Gasteiger partial charge in [-0.25, -0.2) is 4.98 Å². The summed E-state index contributed by atoms with van der Waals surface area (Å²) in [6.45, 7) is -0.0179. The molecule has 1 aliphatic rings. The lowest BCUT2D eigenvalue weighted by molar-refractivity contribution is 0.0684. The summed E-state index contributed by atoms with van der Waals surface area (Å²) in [5, 5.41) is 33.6. The summed E-state index contributed by atoms with van der Waals surface area (Å²) >= 11 is 0. The van der Waals surface area contributed by atoms with E-state index in [0.717, 1.165) is 57.5 Å². The molecule has 0 unspecified atom stereocenters. The Kier molecular flexibility index (Phi) is 10.9. The van der Waals surface area contributed by atoms with E-state index in [1.54, 1.807) is 26.4 Å². The smallest absolute Gasteiger partial charge is 0.254 e. The van der Waals surface area contributed by atoms with Gasteiger partial charge in [0.15, 0.2) is 11.5 Å². The molecule has 4 aromatic carbocycles. The molecule has 13 nitrogen and oxygen atoms in total. The van der Waals surface area contributed by atoms with Crippen molar-refractivity contribution in [1.82, 2.24) is 35.1 Å². The van der Waals surface area contributed by atoms with Crippen molar-refractivity contribution in [3.05, 3.63) is 90.0 Å². The Morgan fingerprint density at radius 1 is 0.849 bits per heavy atom. The second-order valence-corrected chi connectivity index (χ2v) is 13.0. The number of carbonyl (C=O) groups is 1. The minimum atomic E-state index is -0.289. The summed E-state index contributed by atoms with van der Waals surface area (Å²) in [4.78, 5) is 20.0. The van der Waals surface area contributed by atoms with Gasteiger partial charge in [0.25, 0.3) is 5.91 Å². The molecule has 1 amide bonds. The van der Waals surface area contributed by atoms with E-state index < -0.39 is 0 Å². The number of carbonyl (C=O) groups excluding carboxylic acids is 1. The minimum absolute atomic E-state index is 0.115. The number of aromatic amines is 1. The number of imidazole rings is 1. The molecular formula is C40H43N7O6. The number of fused-ring (bicyclic) bond motifs is 1. The van der Waals surface area contributed by atoms with Gasteiger partial charge in [0.2, 0.25) is 5.82 Å². The van der Waals surface area contributed by atoms with Crippen LogP contribution in [0.4, 0.5) is 0 Å². The first-order valence-corrected chi connectivity index (χ1v) is 17.9. The minimum Gasteiger partial charge on any atom is -0.493 e. The highest BCUT2D eigenvalue weighted by molar-refractivity contribution is 5.95. The maximum atomic E-state index is 13.4. The molecule has 1 saturated carbocycles. The van der Waals surface area contributed by atoms with E-state index in [1.807, 2.05) is 60.7 Å². The molecule has 0 radical (unpaired) electrons. The van der Waals surface area contributed by atoms with Crippen LogP contribution in [0.5, 0.6) is 17.2 Å². The molecule has 0 spiro atoms. The molecule has 7 rings (SSSR count). The van der Waals surface area contributed by atoms with Gasteiger partial charge in [-0.2, -0.15) is 5.21 Å². The van der Waals surface area contributed by atoms with Gasteiger partial charge >= 0.3 is 0 Å². The van der Waals surface area contributed by atoms with E-state index >= 15 is 0 Å². The largest absolute Gasteiger partial charge is 0.493 e. The average molecular weight is 718 g/mol. The van der Waals surface area contributed by atoms with Crippen LogP contribution in [0.2, 0.25) is 0 Å². The molecule has 6 aromatic rings. The molecule has 0 atom stereocenters. The molecule has 2 aromatic heterocycles. The lowest BCUT2D eigenvalue weighted by atomic mass is 9.94. The third-order valence-corrected chi connectivity index (χ3v) is 9.81. The topological polar surface area (TPSA) is 161 Å². The molecule has 0 bridgehead atoms. The first-order chi connectivity index (χ1) is 26.0. The first kappa shape index (κ1) is 35.6. The normalized spacial score (nSPS) is 13.3. The Morgan fingerprint density at radius 2 is 1.58 bits per heavy atom. The van der Waals surface area contributed by atoms with Gasteiger partial charge < -0.3 is 33.9 Å². The molecule has 0 aliphatic heterocycles. The van der Waals surface area contributed by atoms with Crippen molar-refractivity contribution >= 4 is 16.9 Å². The average Bonchev–Trinajstić information content (AvgIpc) is 3.89. The lowest BCUT2D eigenvalue weighted by Gasteiger charge is -2.25. The van der Waals surface area contributed by atoms with Crippen molar-refractivity contribution in [2.75, 3.05) is 40.5 Å². The lowest BCUT2D eigenvalue weighted by Crippen LogP contribution is -2.35. The Balaban J connectivity index is 1.19. The first-order valence-electron chi connectivity index (χ1n) is 17.9. The van der Waals surface area contributed by atoms with Gasteiger partial charge in [-0.15, -0.1) is 10.2 Å². The van der Waals surface area contributed by atoms with E-state index in [4.69, 9.17) is 19.2 Å². The van der Waals surface area contributed by atoms with Crippen LogP contribution >= 0.6 is 0 Å². The van der Waals surface area contributed by atoms with Gasteiger partial charge in [0.1, 0.15) is 18.2 Å². The van der Waals surface area contributed by atoms with Crippen LogP contribution in [0.15, 0.2) is 78.9 Å². The number of ether oxygens (including phenoxy) is 3. The molecule has 0 saturated heterocycles. The second-order valence-electron chi connectivity index (χ2n) is 13.0. The highest BCUT2D eigenvalue weighted by Crippen LogP contribution is 2.38. The zero-order chi connectivity index (χ0) is 36.7. The Morgan fingerprint density at radius 3 is 2.28 bits per heavy atom. The SMILES string of the molecule is COc1ccc(-c2ccc(C(=O)N(CCO)CCO)cc2COc2ccc(-c3nc4cc(-c5nn[nH]n5)ccc4n3C3CCCCC3)cc2)cc1OC. The van der Waals surface area contributed by atoms with Crippen LogP contribution in [-0.4, -0.2) is 91.7 Å². The highest BCUT2D eigenvalue weighted by Gasteiger charge is 2.23. The zero-order valence-electron chi connectivity index (χ0n) is 29.9. The Bertz CT molecular complexity index is 2160. The van der Waals surface area contributed by atoms with E-state index in [-0.39, 0.29) is 38.8 Å². The number of methoxy groups -OCH3 is 2. The maximum absolute atomic E-state index is 13.4. The second kappa shape index (κ2) is 16.3. The predicted molar refractivity (Wildman–Crippen MR) is 200 cm³/mol. The number of amides is 1. The number of hydrogen-bond donors (Lipinski definition) is 3. The number of nitrogens with one attached hydrogen (secondary N) is 1. The number of aromatic nitrogens is 6. The third kappa shape index (κ3) is 7.57. The van der Waals surface area contributed by atoms with Crippen LogP contribution < -0.4 is 14.2 Å². The summed E-state index contributed by atoms with van der Waals surface area (Å²) in [5.41, 5.74) is 6.70. The molecule has 274 valence electrons. The molecule has 13 heteroatoms. The van der Waals surface area contributed by atoms with Gasteiger partial charge in [-0.3, -0.25) is 4.79 Å². The van der Waals surface area contributed by atoms with Crippen LogP contribution in [0.25, 0.3) is 44.9 Å². The van der Waals surface area contributed by atoms with Crippen molar-refractivity contribution in [3.8, 4) is 51.2 Å². The standard InChI is InChI=1S/C40H43N7O6/c1-51-36-17-12-27(24-37(36)52-2)33-15-10-29(40(50)46(18-20-48)19-21-49)22-30(33)25-53-32-13-8-26(9-14-32)39-41-34-23-28(38-42-44-45-43-38)11-16-35(34)47(39)31-6-4-3-5-7-31/h8-17,22-24,31,48-49H,3-7,18-21,25H2,1-2H3,(H,42,43,44,45). The van der Waals surface area contributed by atoms with Gasteiger partial charge in [-0.05, 0) is 101 Å². The predicted octanol–water partition coefficient (Wildman–Crippen LogP) is 6.08. The number of benzene rings is 4. The molecule has 2 heterocycles. The van der Waals surface area contributed by atoms with Crippen molar-refractivity contribution in [2.24, 2.45) is 0 Å². The third-order valence-electron chi connectivity index (χ3n) is 9.81. The van der Waals surface area contributed by atoms with Gasteiger partial charge in [0, 0.05) is 35.8 Å². The maximum Gasteiger partial charge on any atom is 0.254 e. The summed E-state index contributed by atoms with van der Waals surface area (Å²) in [6.07, 6.45) is 5.84. The van der Waals surface area contributed by atoms with Gasteiger partial charge in [-0.1, -0.05) is 31.4 Å². The number of tetrazole rings is 1. The molecule has 1 fully saturated rings. The Labute approximate surface area is 307 Å². The molecular weight excluding hydrogens is 674 g/mol. The number of aliphatic hydroxyl groups excluding tert-OH is 2. The number of aliphatic hydroxyl groups is 2. The summed E-state index contributed by atoms with van der Waals surface area (Å²) < 4.78 is 19.8. The summed E-state index contributed by atoms with van der Waals surface area (Å²) in [6, 6.07) is 25.5. The van der Waals surface area contributed by atoms with Crippen molar-refractivity contribution in [2.45, 2.75) is 44.8 Å². The fourth-order valence-corrected chi connectivity index (χ4v) is 7.17.